The molecule has 0 aliphatic heterocycles. The molecule has 1 heterocycles. The van der Waals surface area contributed by atoms with Crippen LogP contribution in [0.3, 0.4) is 0 Å². The summed E-state index contributed by atoms with van der Waals surface area (Å²) in [6, 6.07) is 18.2. The minimum atomic E-state index is -0.613. The van der Waals surface area contributed by atoms with Crippen LogP contribution in [0.15, 0.2) is 78.2 Å². The van der Waals surface area contributed by atoms with E-state index in [2.05, 4.69) is 10.3 Å². The number of aromatic nitrogens is 1. The van der Waals surface area contributed by atoms with E-state index >= 15 is 0 Å². The van der Waals surface area contributed by atoms with E-state index in [1.807, 2.05) is 0 Å². The Morgan fingerprint density at radius 2 is 1.57 bits per heavy atom. The quantitative estimate of drug-likeness (QED) is 0.429. The first kappa shape index (κ1) is 19.6. The maximum atomic E-state index is 14.0. The van der Waals surface area contributed by atoms with E-state index in [1.165, 1.54) is 5.38 Å². The van der Waals surface area contributed by atoms with Gasteiger partial charge in [0.1, 0.15) is 11.6 Å². The highest BCUT2D eigenvalue weighted by atomic mass is 32.1. The molecule has 4 rings (SSSR count). The lowest BCUT2D eigenvalue weighted by Crippen LogP contribution is -2.16. The van der Waals surface area contributed by atoms with Gasteiger partial charge >= 0.3 is 0 Å². The number of amides is 1. The van der Waals surface area contributed by atoms with Gasteiger partial charge in [0.15, 0.2) is 10.9 Å². The molecule has 148 valence electrons. The lowest BCUT2D eigenvalue weighted by molar-refractivity contribution is 0.0996. The molecular weight excluding hydrogens is 406 g/mol. The van der Waals surface area contributed by atoms with Crippen molar-refractivity contribution in [2.24, 2.45) is 0 Å². The minimum Gasteiger partial charge on any atom is -0.298 e. The number of hydrogen-bond acceptors (Lipinski definition) is 4. The number of thiazole rings is 1. The van der Waals surface area contributed by atoms with Crippen LogP contribution in [0.1, 0.15) is 26.3 Å². The summed E-state index contributed by atoms with van der Waals surface area (Å²) in [5, 5.41) is 4.36. The average molecular weight is 420 g/mol. The molecule has 0 unspecified atom stereocenters. The summed E-state index contributed by atoms with van der Waals surface area (Å²) in [6.07, 6.45) is 0. The largest absolute Gasteiger partial charge is 0.298 e. The zero-order valence-electron chi connectivity index (χ0n) is 15.4. The third-order valence-electron chi connectivity index (χ3n) is 4.38. The first-order valence-corrected chi connectivity index (χ1v) is 9.82. The van der Waals surface area contributed by atoms with Gasteiger partial charge in [0, 0.05) is 22.1 Å². The first-order valence-electron chi connectivity index (χ1n) is 8.94. The summed E-state index contributed by atoms with van der Waals surface area (Å²) < 4.78 is 27.4. The molecule has 1 amide bonds. The third-order valence-corrected chi connectivity index (χ3v) is 5.14. The van der Waals surface area contributed by atoms with Gasteiger partial charge < -0.3 is 0 Å². The molecule has 0 radical (unpaired) electrons. The maximum Gasteiger partial charge on any atom is 0.258 e. The Kier molecular flexibility index (Phi) is 5.45. The molecule has 0 fully saturated rings. The van der Waals surface area contributed by atoms with Crippen molar-refractivity contribution >= 4 is 28.2 Å². The summed E-state index contributed by atoms with van der Waals surface area (Å²) in [6.45, 7) is 0. The highest BCUT2D eigenvalue weighted by molar-refractivity contribution is 7.14. The molecule has 30 heavy (non-hydrogen) atoms. The Hall–Kier alpha value is -3.71. The molecule has 0 bridgehead atoms. The van der Waals surface area contributed by atoms with Crippen LogP contribution in [-0.4, -0.2) is 16.7 Å². The van der Waals surface area contributed by atoms with Crippen LogP contribution < -0.4 is 5.32 Å². The molecule has 0 atom stereocenters. The number of ketones is 1. The standard InChI is InChI=1S/C23H14F2N2O2S/c24-15-10-11-19(25)18(12-15)20-13-30-23(26-20)27-22(29)17-9-5-4-8-16(17)21(28)14-6-2-1-3-7-14/h1-13H,(H,26,27,29). The van der Waals surface area contributed by atoms with Gasteiger partial charge in [-0.2, -0.15) is 0 Å². The topological polar surface area (TPSA) is 59.1 Å². The van der Waals surface area contributed by atoms with Crippen molar-refractivity contribution < 1.29 is 18.4 Å². The number of carbonyl (C=O) groups is 2. The van der Waals surface area contributed by atoms with Crippen molar-refractivity contribution in [1.29, 1.82) is 0 Å². The normalized spacial score (nSPS) is 10.6. The average Bonchev–Trinajstić information content (AvgIpc) is 3.23. The summed E-state index contributed by atoms with van der Waals surface area (Å²) in [4.78, 5) is 29.8. The van der Waals surface area contributed by atoms with E-state index < -0.39 is 17.5 Å². The van der Waals surface area contributed by atoms with Crippen LogP contribution in [0.2, 0.25) is 0 Å². The van der Waals surface area contributed by atoms with E-state index in [0.717, 1.165) is 29.5 Å². The minimum absolute atomic E-state index is 0.00593. The number of benzene rings is 3. The van der Waals surface area contributed by atoms with Crippen molar-refractivity contribution in [2.45, 2.75) is 0 Å². The highest BCUT2D eigenvalue weighted by Crippen LogP contribution is 2.28. The fraction of sp³-hybridized carbons (Fsp3) is 0. The molecule has 3 aromatic carbocycles. The van der Waals surface area contributed by atoms with E-state index in [0.29, 0.717) is 5.56 Å². The second-order valence-corrected chi connectivity index (χ2v) is 7.22. The molecule has 4 aromatic rings. The zero-order valence-corrected chi connectivity index (χ0v) is 16.2. The Balaban J connectivity index is 1.59. The number of nitrogens with one attached hydrogen (secondary N) is 1. The monoisotopic (exact) mass is 420 g/mol. The van der Waals surface area contributed by atoms with Crippen molar-refractivity contribution in [3.05, 3.63) is 107 Å². The fourth-order valence-electron chi connectivity index (χ4n) is 2.94. The zero-order chi connectivity index (χ0) is 21.1. The van der Waals surface area contributed by atoms with Gasteiger partial charge in [-0.1, -0.05) is 48.5 Å². The van der Waals surface area contributed by atoms with Gasteiger partial charge in [0.25, 0.3) is 5.91 Å². The van der Waals surface area contributed by atoms with Crippen LogP contribution >= 0.6 is 11.3 Å². The predicted molar refractivity (Wildman–Crippen MR) is 112 cm³/mol. The highest BCUT2D eigenvalue weighted by Gasteiger charge is 2.19. The SMILES string of the molecule is O=C(Nc1nc(-c2cc(F)ccc2F)cs1)c1ccccc1C(=O)c1ccccc1. The second-order valence-electron chi connectivity index (χ2n) is 6.36. The van der Waals surface area contributed by atoms with Gasteiger partial charge in [0.2, 0.25) is 0 Å². The molecule has 0 spiro atoms. The molecule has 7 heteroatoms. The van der Waals surface area contributed by atoms with Crippen molar-refractivity contribution in [1.82, 2.24) is 4.98 Å². The van der Waals surface area contributed by atoms with Gasteiger partial charge in [-0.3, -0.25) is 14.9 Å². The Morgan fingerprint density at radius 1 is 0.867 bits per heavy atom. The van der Waals surface area contributed by atoms with E-state index in [4.69, 9.17) is 0 Å². The van der Waals surface area contributed by atoms with E-state index in [-0.39, 0.29) is 33.3 Å². The smallest absolute Gasteiger partial charge is 0.258 e. The van der Waals surface area contributed by atoms with Gasteiger partial charge in [-0.25, -0.2) is 13.8 Å². The van der Waals surface area contributed by atoms with Crippen LogP contribution in [0.5, 0.6) is 0 Å². The second kappa shape index (κ2) is 8.34. The number of hydrogen-bond donors (Lipinski definition) is 1. The first-order chi connectivity index (χ1) is 14.5. The molecule has 1 N–H and O–H groups in total. The molecular formula is C23H14F2N2O2S. The maximum absolute atomic E-state index is 14.0. The van der Waals surface area contributed by atoms with Gasteiger partial charge in [0.05, 0.1) is 11.3 Å². The van der Waals surface area contributed by atoms with Crippen LogP contribution in [0.4, 0.5) is 13.9 Å². The Morgan fingerprint density at radius 3 is 2.33 bits per heavy atom. The van der Waals surface area contributed by atoms with Gasteiger partial charge in [-0.05, 0) is 24.3 Å². The molecule has 0 saturated carbocycles. The number of anilines is 1. The molecule has 1 aromatic heterocycles. The summed E-state index contributed by atoms with van der Waals surface area (Å²) >= 11 is 1.08. The number of rotatable bonds is 5. The van der Waals surface area contributed by atoms with Crippen molar-refractivity contribution in [3.63, 3.8) is 0 Å². The summed E-state index contributed by atoms with van der Waals surface area (Å²) in [5.41, 5.74) is 1.14. The Bertz CT molecular complexity index is 1240. The van der Waals surface area contributed by atoms with E-state index in [9.17, 15) is 18.4 Å². The molecule has 0 aliphatic carbocycles. The summed E-state index contributed by atoms with van der Waals surface area (Å²) in [7, 11) is 0. The van der Waals surface area contributed by atoms with Crippen molar-refractivity contribution in [2.75, 3.05) is 5.32 Å². The third kappa shape index (κ3) is 4.01. The summed E-state index contributed by atoms with van der Waals surface area (Å²) in [5.74, 6) is -1.99. The molecule has 0 saturated heterocycles. The van der Waals surface area contributed by atoms with Crippen LogP contribution in [-0.2, 0) is 0 Å². The predicted octanol–water partition coefficient (Wildman–Crippen LogP) is 5.57. The van der Waals surface area contributed by atoms with Crippen LogP contribution in [0, 0.1) is 11.6 Å². The number of carbonyl (C=O) groups excluding carboxylic acids is 2. The fourth-order valence-corrected chi connectivity index (χ4v) is 3.64. The lowest BCUT2D eigenvalue weighted by atomic mass is 9.98. The van der Waals surface area contributed by atoms with E-state index in [1.54, 1.807) is 54.6 Å². The number of halogens is 2. The van der Waals surface area contributed by atoms with Crippen LogP contribution in [0.25, 0.3) is 11.3 Å². The lowest BCUT2D eigenvalue weighted by Gasteiger charge is -2.08. The van der Waals surface area contributed by atoms with Gasteiger partial charge in [-0.15, -0.1) is 11.3 Å². The molecule has 0 aliphatic rings. The Labute approximate surface area is 174 Å². The molecule has 4 nitrogen and oxygen atoms in total. The van der Waals surface area contributed by atoms with Crippen molar-refractivity contribution in [3.8, 4) is 11.3 Å². The number of nitrogens with zero attached hydrogens (tertiary/aromatic N) is 1.